The molecule has 31 heavy (non-hydrogen) atoms. The molecule has 0 radical (unpaired) electrons. The number of amides is 1. The van der Waals surface area contributed by atoms with Gasteiger partial charge in [0.15, 0.2) is 11.0 Å². The first-order valence-electron chi connectivity index (χ1n) is 10.0. The Bertz CT molecular complexity index is 1170. The van der Waals surface area contributed by atoms with E-state index in [-0.39, 0.29) is 11.7 Å². The zero-order chi connectivity index (χ0) is 21.8. The van der Waals surface area contributed by atoms with Gasteiger partial charge in [-0.3, -0.25) is 9.36 Å². The van der Waals surface area contributed by atoms with E-state index in [0.29, 0.717) is 11.7 Å². The summed E-state index contributed by atoms with van der Waals surface area (Å²) in [5.74, 6) is 2.62. The van der Waals surface area contributed by atoms with Crippen LogP contribution < -0.4 is 0 Å². The lowest BCUT2D eigenvalue weighted by Gasteiger charge is -2.16. The normalized spacial score (nSPS) is 10.9. The molecule has 2 aromatic heterocycles. The van der Waals surface area contributed by atoms with Crippen LogP contribution >= 0.6 is 11.8 Å². The number of furan rings is 1. The van der Waals surface area contributed by atoms with Crippen LogP contribution in [0.5, 0.6) is 0 Å². The summed E-state index contributed by atoms with van der Waals surface area (Å²) in [5.41, 5.74) is 3.11. The molecule has 0 aliphatic rings. The van der Waals surface area contributed by atoms with Crippen LogP contribution in [0.25, 0.3) is 17.1 Å². The highest BCUT2D eigenvalue weighted by molar-refractivity contribution is 7.99. The molecule has 0 saturated heterocycles. The van der Waals surface area contributed by atoms with Gasteiger partial charge in [0.2, 0.25) is 5.91 Å². The topological polar surface area (TPSA) is 64.2 Å². The molecular weight excluding hydrogens is 408 g/mol. The maximum Gasteiger partial charge on any atom is 0.233 e. The Kier molecular flexibility index (Phi) is 6.23. The molecule has 7 heteroatoms. The molecule has 0 bridgehead atoms. The SMILES string of the molecule is Cc1ccc(-n2c(SCC(=O)N(C)Cc3ccc(C)o3)nnc2-c2ccccc2)cc1. The lowest BCUT2D eigenvalue weighted by molar-refractivity contribution is -0.127. The van der Waals surface area contributed by atoms with Gasteiger partial charge in [-0.25, -0.2) is 0 Å². The number of benzene rings is 2. The van der Waals surface area contributed by atoms with Crippen LogP contribution in [0.2, 0.25) is 0 Å². The molecule has 0 fully saturated rings. The van der Waals surface area contributed by atoms with E-state index >= 15 is 0 Å². The van der Waals surface area contributed by atoms with E-state index in [0.717, 1.165) is 28.6 Å². The van der Waals surface area contributed by atoms with E-state index < -0.39 is 0 Å². The molecule has 0 aliphatic carbocycles. The largest absolute Gasteiger partial charge is 0.464 e. The number of aryl methyl sites for hydroxylation is 2. The first kappa shape index (κ1) is 20.9. The van der Waals surface area contributed by atoms with Gasteiger partial charge in [-0.05, 0) is 38.1 Å². The summed E-state index contributed by atoms with van der Waals surface area (Å²) >= 11 is 1.38. The summed E-state index contributed by atoms with van der Waals surface area (Å²) in [7, 11) is 1.78. The minimum absolute atomic E-state index is 0.00114. The zero-order valence-corrected chi connectivity index (χ0v) is 18.6. The minimum Gasteiger partial charge on any atom is -0.464 e. The van der Waals surface area contributed by atoms with Gasteiger partial charge in [0.1, 0.15) is 11.5 Å². The number of aromatic nitrogens is 3. The summed E-state index contributed by atoms with van der Waals surface area (Å²) < 4.78 is 7.58. The third-order valence-electron chi connectivity index (χ3n) is 4.90. The van der Waals surface area contributed by atoms with Crippen molar-refractivity contribution < 1.29 is 9.21 Å². The number of carbonyl (C=O) groups is 1. The van der Waals surface area contributed by atoms with Crippen molar-refractivity contribution >= 4 is 17.7 Å². The van der Waals surface area contributed by atoms with Gasteiger partial charge in [-0.15, -0.1) is 10.2 Å². The van der Waals surface area contributed by atoms with Gasteiger partial charge in [-0.2, -0.15) is 0 Å². The Morgan fingerprint density at radius 3 is 2.42 bits per heavy atom. The lowest BCUT2D eigenvalue weighted by atomic mass is 10.2. The predicted molar refractivity (Wildman–Crippen MR) is 122 cm³/mol. The van der Waals surface area contributed by atoms with Gasteiger partial charge in [-0.1, -0.05) is 59.8 Å². The average molecular weight is 433 g/mol. The quantitative estimate of drug-likeness (QED) is 0.389. The Balaban J connectivity index is 1.56. The van der Waals surface area contributed by atoms with Crippen molar-refractivity contribution in [1.29, 1.82) is 0 Å². The molecule has 4 aromatic rings. The molecule has 4 rings (SSSR count). The summed E-state index contributed by atoms with van der Waals surface area (Å²) in [6, 6.07) is 21.9. The van der Waals surface area contributed by atoms with E-state index in [1.165, 1.54) is 17.3 Å². The number of nitrogens with zero attached hydrogens (tertiary/aromatic N) is 4. The van der Waals surface area contributed by atoms with E-state index in [1.807, 2.05) is 66.1 Å². The monoisotopic (exact) mass is 432 g/mol. The molecule has 158 valence electrons. The van der Waals surface area contributed by atoms with Crippen molar-refractivity contribution in [2.45, 2.75) is 25.5 Å². The minimum atomic E-state index is -0.00114. The Hall–Kier alpha value is -3.32. The number of rotatable bonds is 7. The van der Waals surface area contributed by atoms with Crippen molar-refractivity contribution in [3.05, 3.63) is 83.8 Å². The fourth-order valence-corrected chi connectivity index (χ4v) is 4.09. The van der Waals surface area contributed by atoms with Gasteiger partial charge in [0.05, 0.1) is 12.3 Å². The maximum absolute atomic E-state index is 12.7. The van der Waals surface area contributed by atoms with Crippen LogP contribution in [0, 0.1) is 13.8 Å². The van der Waals surface area contributed by atoms with Gasteiger partial charge < -0.3 is 9.32 Å². The number of hydrogen-bond acceptors (Lipinski definition) is 5. The molecular formula is C24H24N4O2S. The molecule has 0 aliphatic heterocycles. The second-order valence-electron chi connectivity index (χ2n) is 7.39. The first-order valence-corrected chi connectivity index (χ1v) is 11.0. The van der Waals surface area contributed by atoms with Crippen molar-refractivity contribution in [2.24, 2.45) is 0 Å². The fraction of sp³-hybridized carbons (Fsp3) is 0.208. The van der Waals surface area contributed by atoms with E-state index in [4.69, 9.17) is 4.42 Å². The fourth-order valence-electron chi connectivity index (χ4n) is 3.19. The van der Waals surface area contributed by atoms with E-state index in [9.17, 15) is 4.79 Å². The van der Waals surface area contributed by atoms with Crippen molar-refractivity contribution in [3.8, 4) is 17.1 Å². The zero-order valence-electron chi connectivity index (χ0n) is 17.8. The first-order chi connectivity index (χ1) is 15.0. The highest BCUT2D eigenvalue weighted by atomic mass is 32.2. The molecule has 1 amide bonds. The summed E-state index contributed by atoms with van der Waals surface area (Å²) in [6.07, 6.45) is 0. The van der Waals surface area contributed by atoms with Gasteiger partial charge >= 0.3 is 0 Å². The van der Waals surface area contributed by atoms with Crippen molar-refractivity contribution in [3.63, 3.8) is 0 Å². The van der Waals surface area contributed by atoms with Crippen LogP contribution in [0.1, 0.15) is 17.1 Å². The Morgan fingerprint density at radius 1 is 1.00 bits per heavy atom. The van der Waals surface area contributed by atoms with Crippen LogP contribution in [0.4, 0.5) is 0 Å². The van der Waals surface area contributed by atoms with Gasteiger partial charge in [0.25, 0.3) is 0 Å². The third-order valence-corrected chi connectivity index (χ3v) is 5.81. The molecule has 2 heterocycles. The number of thioether (sulfide) groups is 1. The van der Waals surface area contributed by atoms with Crippen LogP contribution in [-0.4, -0.2) is 38.4 Å². The van der Waals surface area contributed by atoms with E-state index in [1.54, 1.807) is 11.9 Å². The standard InChI is InChI=1S/C24H24N4O2S/c1-17-9-12-20(13-10-17)28-23(19-7-5-4-6-8-19)25-26-24(28)31-16-22(29)27(3)15-21-14-11-18(2)30-21/h4-14H,15-16H2,1-3H3. The van der Waals surface area contributed by atoms with Crippen LogP contribution in [-0.2, 0) is 11.3 Å². The number of hydrogen-bond donors (Lipinski definition) is 0. The molecule has 2 aromatic carbocycles. The molecule has 0 saturated carbocycles. The third kappa shape index (κ3) is 4.88. The molecule has 0 unspecified atom stereocenters. The van der Waals surface area contributed by atoms with E-state index in [2.05, 4.69) is 29.3 Å². The van der Waals surface area contributed by atoms with Crippen LogP contribution in [0.3, 0.4) is 0 Å². The summed E-state index contributed by atoms with van der Waals surface area (Å²) in [5, 5.41) is 9.51. The highest BCUT2D eigenvalue weighted by Gasteiger charge is 2.19. The Morgan fingerprint density at radius 2 is 1.74 bits per heavy atom. The molecule has 0 atom stereocenters. The second-order valence-corrected chi connectivity index (χ2v) is 8.34. The van der Waals surface area contributed by atoms with Gasteiger partial charge in [0, 0.05) is 18.3 Å². The second kappa shape index (κ2) is 9.22. The Labute approximate surface area is 185 Å². The molecule has 6 nitrogen and oxygen atoms in total. The smallest absolute Gasteiger partial charge is 0.233 e. The summed E-state index contributed by atoms with van der Waals surface area (Å²) in [6.45, 7) is 4.38. The number of carbonyl (C=O) groups excluding carboxylic acids is 1. The molecule has 0 spiro atoms. The highest BCUT2D eigenvalue weighted by Crippen LogP contribution is 2.28. The van der Waals surface area contributed by atoms with Crippen LogP contribution in [0.15, 0.2) is 76.3 Å². The lowest BCUT2D eigenvalue weighted by Crippen LogP contribution is -2.27. The average Bonchev–Trinajstić information content (AvgIpc) is 3.39. The van der Waals surface area contributed by atoms with Crippen molar-refractivity contribution in [2.75, 3.05) is 12.8 Å². The predicted octanol–water partition coefficient (Wildman–Crippen LogP) is 4.89. The summed E-state index contributed by atoms with van der Waals surface area (Å²) in [4.78, 5) is 14.4. The molecule has 0 N–H and O–H groups in total. The maximum atomic E-state index is 12.7. The van der Waals surface area contributed by atoms with Crippen molar-refractivity contribution in [1.82, 2.24) is 19.7 Å².